The number of rotatable bonds is 2. The van der Waals surface area contributed by atoms with Crippen LogP contribution in [0.1, 0.15) is 16.7 Å². The molecule has 2 aromatic carbocycles. The van der Waals surface area contributed by atoms with E-state index in [4.69, 9.17) is 0 Å². The molecule has 0 aliphatic heterocycles. The predicted octanol–water partition coefficient (Wildman–Crippen LogP) is 6.32. The van der Waals surface area contributed by atoms with Crippen molar-refractivity contribution in [3.8, 4) is 28.6 Å². The van der Waals surface area contributed by atoms with Crippen LogP contribution >= 0.6 is 0 Å². The second-order valence-corrected chi connectivity index (χ2v) is 5.90. The third-order valence-corrected chi connectivity index (χ3v) is 3.93. The van der Waals surface area contributed by atoms with Crippen molar-refractivity contribution in [3.63, 3.8) is 0 Å². The Morgan fingerprint density at radius 1 is 0.679 bits per heavy atom. The van der Waals surface area contributed by atoms with Crippen LogP contribution in [0.25, 0.3) is 22.5 Å². The Labute approximate surface area is 155 Å². The van der Waals surface area contributed by atoms with Gasteiger partial charge < -0.3 is 0 Å². The molecule has 0 aliphatic carbocycles. The molecule has 28 heavy (non-hydrogen) atoms. The summed E-state index contributed by atoms with van der Waals surface area (Å²) in [4.78, 5) is 4.18. The number of hydrogen-bond acceptors (Lipinski definition) is 2. The molecule has 0 saturated carbocycles. The summed E-state index contributed by atoms with van der Waals surface area (Å²) in [5.41, 5.74) is -1.42. The molecule has 0 bridgehead atoms. The van der Waals surface area contributed by atoms with Gasteiger partial charge >= 0.3 is 12.4 Å². The predicted molar refractivity (Wildman–Crippen MR) is 89.8 cm³/mol. The van der Waals surface area contributed by atoms with Crippen LogP contribution in [0.2, 0.25) is 0 Å². The summed E-state index contributed by atoms with van der Waals surface area (Å²) >= 11 is 0. The Kier molecular flexibility index (Phi) is 4.86. The summed E-state index contributed by atoms with van der Waals surface area (Å²) in [5.74, 6) is 0. The minimum Gasteiger partial charge on any atom is -0.248 e. The third-order valence-electron chi connectivity index (χ3n) is 3.93. The average molecular weight is 392 g/mol. The van der Waals surface area contributed by atoms with Crippen molar-refractivity contribution in [1.82, 2.24) is 4.98 Å². The van der Waals surface area contributed by atoms with Gasteiger partial charge in [0.05, 0.1) is 34.1 Å². The number of halogens is 6. The van der Waals surface area contributed by atoms with E-state index >= 15 is 0 Å². The quantitative estimate of drug-likeness (QED) is 0.478. The second-order valence-electron chi connectivity index (χ2n) is 5.90. The molecule has 3 aromatic rings. The van der Waals surface area contributed by atoms with Gasteiger partial charge in [0.1, 0.15) is 0 Å². The zero-order valence-electron chi connectivity index (χ0n) is 13.9. The van der Waals surface area contributed by atoms with Crippen molar-refractivity contribution in [3.05, 3.63) is 77.4 Å². The van der Waals surface area contributed by atoms with E-state index in [1.165, 1.54) is 36.4 Å². The summed E-state index contributed by atoms with van der Waals surface area (Å²) in [7, 11) is 0. The molecule has 0 radical (unpaired) electrons. The topological polar surface area (TPSA) is 36.7 Å². The highest BCUT2D eigenvalue weighted by Crippen LogP contribution is 2.34. The smallest absolute Gasteiger partial charge is 0.248 e. The lowest BCUT2D eigenvalue weighted by Gasteiger charge is -2.11. The number of hydrogen-bond donors (Lipinski definition) is 0. The first kappa shape index (κ1) is 19.4. The van der Waals surface area contributed by atoms with E-state index in [1.807, 2.05) is 6.07 Å². The van der Waals surface area contributed by atoms with Gasteiger partial charge in [-0.1, -0.05) is 24.3 Å². The summed E-state index contributed by atoms with van der Waals surface area (Å²) in [6.45, 7) is 0. The molecule has 0 saturated heterocycles. The van der Waals surface area contributed by atoms with Crippen LogP contribution in [0.15, 0.2) is 60.7 Å². The first-order valence-electron chi connectivity index (χ1n) is 7.85. The van der Waals surface area contributed by atoms with Gasteiger partial charge in [0.15, 0.2) is 0 Å². The monoisotopic (exact) mass is 392 g/mol. The molecule has 0 N–H and O–H groups in total. The standard InChI is InChI=1S/C20H10F6N2/c21-19(22,23)15-5-1-3-13(9-15)17-7-12(11-27)8-18(28-17)14-4-2-6-16(10-14)20(24,25)26/h1-10H. The number of nitrogens with zero attached hydrogens (tertiary/aromatic N) is 2. The molecule has 1 aromatic heterocycles. The Morgan fingerprint density at radius 3 is 1.46 bits per heavy atom. The third kappa shape index (κ3) is 4.14. The van der Waals surface area contributed by atoms with E-state index in [1.54, 1.807) is 0 Å². The Hall–Kier alpha value is -3.34. The maximum absolute atomic E-state index is 13.0. The minimum absolute atomic E-state index is 0.0533. The number of pyridine rings is 1. The molecule has 8 heteroatoms. The number of alkyl halides is 6. The fourth-order valence-electron chi connectivity index (χ4n) is 2.60. The molecule has 3 rings (SSSR count). The number of benzene rings is 2. The van der Waals surface area contributed by atoms with E-state index in [2.05, 4.69) is 4.98 Å². The fraction of sp³-hybridized carbons (Fsp3) is 0.100. The van der Waals surface area contributed by atoms with Gasteiger partial charge in [-0.15, -0.1) is 0 Å². The molecule has 0 aliphatic rings. The lowest BCUT2D eigenvalue weighted by Crippen LogP contribution is -2.05. The normalized spacial score (nSPS) is 11.9. The zero-order chi connectivity index (χ0) is 20.5. The lowest BCUT2D eigenvalue weighted by molar-refractivity contribution is -0.138. The van der Waals surface area contributed by atoms with Gasteiger partial charge in [-0.2, -0.15) is 31.6 Å². The van der Waals surface area contributed by atoms with Crippen LogP contribution in [0.4, 0.5) is 26.3 Å². The van der Waals surface area contributed by atoms with Crippen LogP contribution in [0, 0.1) is 11.3 Å². The van der Waals surface area contributed by atoms with Crippen molar-refractivity contribution in [2.45, 2.75) is 12.4 Å². The molecule has 0 unspecified atom stereocenters. The SMILES string of the molecule is N#Cc1cc(-c2cccc(C(F)(F)F)c2)nc(-c2cccc(C(F)(F)F)c2)c1. The van der Waals surface area contributed by atoms with Crippen molar-refractivity contribution in [2.75, 3.05) is 0 Å². The lowest BCUT2D eigenvalue weighted by atomic mass is 10.0. The highest BCUT2D eigenvalue weighted by molar-refractivity contribution is 5.69. The van der Waals surface area contributed by atoms with Crippen molar-refractivity contribution >= 4 is 0 Å². The van der Waals surface area contributed by atoms with Crippen LogP contribution in [0.3, 0.4) is 0 Å². The second kappa shape index (κ2) is 7.00. The molecular weight excluding hydrogens is 382 g/mol. The molecule has 0 spiro atoms. The van der Waals surface area contributed by atoms with E-state index in [0.717, 1.165) is 24.3 Å². The first-order chi connectivity index (χ1) is 13.1. The Balaban J connectivity index is 2.14. The maximum Gasteiger partial charge on any atom is 0.416 e. The van der Waals surface area contributed by atoms with Crippen molar-refractivity contribution in [2.24, 2.45) is 0 Å². The van der Waals surface area contributed by atoms with Gasteiger partial charge in [0.25, 0.3) is 0 Å². The zero-order valence-corrected chi connectivity index (χ0v) is 13.9. The molecular formula is C20H10F6N2. The van der Waals surface area contributed by atoms with Gasteiger partial charge in [0, 0.05) is 11.1 Å². The molecule has 142 valence electrons. The van der Waals surface area contributed by atoms with E-state index < -0.39 is 23.5 Å². The molecule has 0 fully saturated rings. The van der Waals surface area contributed by atoms with Crippen molar-refractivity contribution < 1.29 is 26.3 Å². The summed E-state index contributed by atoms with van der Waals surface area (Å²) in [6.07, 6.45) is -9.13. The molecule has 2 nitrogen and oxygen atoms in total. The molecule has 1 heterocycles. The van der Waals surface area contributed by atoms with Crippen LogP contribution in [0.5, 0.6) is 0 Å². The van der Waals surface area contributed by atoms with E-state index in [9.17, 15) is 31.6 Å². The maximum atomic E-state index is 13.0. The minimum atomic E-state index is -4.56. The number of aromatic nitrogens is 1. The van der Waals surface area contributed by atoms with Crippen molar-refractivity contribution in [1.29, 1.82) is 5.26 Å². The molecule has 0 atom stereocenters. The van der Waals surface area contributed by atoms with Gasteiger partial charge in [-0.3, -0.25) is 0 Å². The molecule has 0 amide bonds. The van der Waals surface area contributed by atoms with Crippen LogP contribution in [-0.4, -0.2) is 4.98 Å². The van der Waals surface area contributed by atoms with Gasteiger partial charge in [-0.05, 0) is 36.4 Å². The van der Waals surface area contributed by atoms with Gasteiger partial charge in [0.2, 0.25) is 0 Å². The van der Waals surface area contributed by atoms with Crippen LogP contribution in [-0.2, 0) is 12.4 Å². The summed E-state index contributed by atoms with van der Waals surface area (Å²) in [6, 6.07) is 13.1. The average Bonchev–Trinajstić information content (AvgIpc) is 2.66. The Morgan fingerprint density at radius 2 is 1.11 bits per heavy atom. The fourth-order valence-corrected chi connectivity index (χ4v) is 2.60. The summed E-state index contributed by atoms with van der Waals surface area (Å²) in [5, 5.41) is 9.21. The van der Waals surface area contributed by atoms with E-state index in [0.29, 0.717) is 0 Å². The highest BCUT2D eigenvalue weighted by atomic mass is 19.4. The van der Waals surface area contributed by atoms with E-state index in [-0.39, 0.29) is 28.1 Å². The number of nitriles is 1. The first-order valence-corrected chi connectivity index (χ1v) is 7.85. The summed E-state index contributed by atoms with van der Waals surface area (Å²) < 4.78 is 77.7. The largest absolute Gasteiger partial charge is 0.416 e. The van der Waals surface area contributed by atoms with Crippen LogP contribution < -0.4 is 0 Å². The highest BCUT2D eigenvalue weighted by Gasteiger charge is 2.31. The van der Waals surface area contributed by atoms with Gasteiger partial charge in [-0.25, -0.2) is 4.98 Å². The Bertz CT molecular complexity index is 986.